The molecule has 1 aromatic rings. The van der Waals surface area contributed by atoms with Gasteiger partial charge in [-0.25, -0.2) is 0 Å². The zero-order valence-electron chi connectivity index (χ0n) is 13.0. The van der Waals surface area contributed by atoms with Crippen LogP contribution in [-0.2, 0) is 4.79 Å². The Labute approximate surface area is 126 Å². The monoisotopic (exact) mass is 286 g/mol. The van der Waals surface area contributed by atoms with Crippen molar-refractivity contribution in [3.63, 3.8) is 0 Å². The average molecular weight is 286 g/mol. The van der Waals surface area contributed by atoms with Gasteiger partial charge in [0, 0.05) is 37.8 Å². The van der Waals surface area contributed by atoms with Crippen molar-refractivity contribution in [1.29, 1.82) is 5.26 Å². The number of nitriles is 1. The average Bonchev–Trinajstić information content (AvgIpc) is 2.71. The molecule has 1 saturated heterocycles. The van der Waals surface area contributed by atoms with Crippen molar-refractivity contribution in [2.24, 2.45) is 5.41 Å². The summed E-state index contributed by atoms with van der Waals surface area (Å²) >= 11 is 0. The number of hydrogen-bond donors (Lipinski definition) is 0. The Balaban J connectivity index is 2.11. The van der Waals surface area contributed by atoms with E-state index in [-0.39, 0.29) is 11.3 Å². The van der Waals surface area contributed by atoms with Gasteiger partial charge in [0.15, 0.2) is 0 Å². The smallest absolute Gasteiger partial charge is 0.228 e. The van der Waals surface area contributed by atoms with Gasteiger partial charge in [-0.2, -0.15) is 5.26 Å². The maximum absolute atomic E-state index is 12.4. The zero-order valence-corrected chi connectivity index (χ0v) is 13.0. The molecule has 0 saturated carbocycles. The first-order valence-corrected chi connectivity index (χ1v) is 7.32. The molecule has 0 spiro atoms. The molecular weight excluding hydrogens is 264 g/mol. The molecule has 0 aromatic carbocycles. The van der Waals surface area contributed by atoms with E-state index in [0.717, 1.165) is 31.7 Å². The van der Waals surface area contributed by atoms with Crippen molar-refractivity contribution in [2.45, 2.75) is 27.2 Å². The Bertz CT molecular complexity index is 556. The highest BCUT2D eigenvalue weighted by Gasteiger charge is 2.28. The van der Waals surface area contributed by atoms with E-state index in [1.807, 2.05) is 25.7 Å². The molecule has 0 N–H and O–H groups in total. The largest absolute Gasteiger partial charge is 0.367 e. The summed E-state index contributed by atoms with van der Waals surface area (Å²) in [6.07, 6.45) is 4.27. The van der Waals surface area contributed by atoms with Crippen LogP contribution in [0.3, 0.4) is 0 Å². The summed E-state index contributed by atoms with van der Waals surface area (Å²) in [5.74, 6) is 0.191. The van der Waals surface area contributed by atoms with Crippen molar-refractivity contribution < 1.29 is 4.79 Å². The van der Waals surface area contributed by atoms with Crippen LogP contribution >= 0.6 is 0 Å². The Morgan fingerprint density at radius 3 is 2.71 bits per heavy atom. The van der Waals surface area contributed by atoms with Crippen LogP contribution in [0, 0.1) is 16.7 Å². The van der Waals surface area contributed by atoms with E-state index in [2.05, 4.69) is 16.0 Å². The summed E-state index contributed by atoms with van der Waals surface area (Å²) < 4.78 is 0. The van der Waals surface area contributed by atoms with Crippen molar-refractivity contribution >= 4 is 11.6 Å². The number of pyridine rings is 1. The maximum atomic E-state index is 12.4. The maximum Gasteiger partial charge on any atom is 0.228 e. The van der Waals surface area contributed by atoms with Gasteiger partial charge in [-0.1, -0.05) is 20.8 Å². The molecule has 2 rings (SSSR count). The van der Waals surface area contributed by atoms with E-state index in [0.29, 0.717) is 12.1 Å². The van der Waals surface area contributed by atoms with Gasteiger partial charge in [0.05, 0.1) is 17.4 Å². The third-order valence-electron chi connectivity index (χ3n) is 3.69. The number of amides is 1. The van der Waals surface area contributed by atoms with Crippen molar-refractivity contribution in [1.82, 2.24) is 9.88 Å². The lowest BCUT2D eigenvalue weighted by atomic mass is 9.94. The molecule has 0 bridgehead atoms. The Morgan fingerprint density at radius 1 is 1.29 bits per heavy atom. The summed E-state index contributed by atoms with van der Waals surface area (Å²) in [5, 5.41) is 9.20. The molecule has 112 valence electrons. The molecule has 2 heterocycles. The molecule has 0 atom stereocenters. The van der Waals surface area contributed by atoms with Gasteiger partial charge in [0.25, 0.3) is 0 Å². The first-order chi connectivity index (χ1) is 9.93. The van der Waals surface area contributed by atoms with Crippen LogP contribution in [0.15, 0.2) is 18.5 Å². The number of carbonyl (C=O) groups excluding carboxylic acids is 1. The first kappa shape index (κ1) is 15.3. The van der Waals surface area contributed by atoms with Crippen LogP contribution in [0.25, 0.3) is 0 Å². The molecule has 0 aliphatic carbocycles. The van der Waals surface area contributed by atoms with Crippen LogP contribution in [0.4, 0.5) is 5.69 Å². The standard InChI is InChI=1S/C16H22N4O/c1-16(2,3)15(21)20-8-4-7-19(9-10-20)14-12-18-6-5-13(14)11-17/h5-6,12H,4,7-10H2,1-3H3. The summed E-state index contributed by atoms with van der Waals surface area (Å²) in [5.41, 5.74) is 1.16. The van der Waals surface area contributed by atoms with E-state index in [1.54, 1.807) is 18.5 Å². The molecule has 0 radical (unpaired) electrons. The van der Waals surface area contributed by atoms with Gasteiger partial charge in [0.1, 0.15) is 6.07 Å². The van der Waals surface area contributed by atoms with E-state index >= 15 is 0 Å². The van der Waals surface area contributed by atoms with Crippen LogP contribution < -0.4 is 4.90 Å². The van der Waals surface area contributed by atoms with E-state index in [1.165, 1.54) is 0 Å². The normalized spacial score (nSPS) is 16.3. The Kier molecular flexibility index (Phi) is 4.46. The van der Waals surface area contributed by atoms with Crippen LogP contribution in [0.2, 0.25) is 0 Å². The number of aromatic nitrogens is 1. The van der Waals surface area contributed by atoms with Crippen LogP contribution in [0.1, 0.15) is 32.8 Å². The van der Waals surface area contributed by atoms with E-state index < -0.39 is 0 Å². The molecule has 5 nitrogen and oxygen atoms in total. The highest BCUT2D eigenvalue weighted by Crippen LogP contribution is 2.22. The number of rotatable bonds is 1. The fraction of sp³-hybridized carbons (Fsp3) is 0.562. The number of nitrogens with zero attached hydrogens (tertiary/aromatic N) is 4. The van der Waals surface area contributed by atoms with Gasteiger partial charge < -0.3 is 9.80 Å². The van der Waals surface area contributed by atoms with Gasteiger partial charge in [-0.3, -0.25) is 9.78 Å². The minimum atomic E-state index is -0.346. The number of hydrogen-bond acceptors (Lipinski definition) is 4. The summed E-state index contributed by atoms with van der Waals surface area (Å²) in [6, 6.07) is 3.94. The summed E-state index contributed by atoms with van der Waals surface area (Å²) in [6.45, 7) is 8.90. The third-order valence-corrected chi connectivity index (χ3v) is 3.69. The summed E-state index contributed by atoms with van der Waals surface area (Å²) in [4.78, 5) is 20.6. The molecule has 1 aliphatic heterocycles. The molecular formula is C16H22N4O. The minimum Gasteiger partial charge on any atom is -0.367 e. The molecule has 1 fully saturated rings. The fourth-order valence-electron chi connectivity index (χ4n) is 2.57. The Morgan fingerprint density at radius 2 is 2.05 bits per heavy atom. The van der Waals surface area contributed by atoms with Gasteiger partial charge in [-0.15, -0.1) is 0 Å². The molecule has 0 unspecified atom stereocenters. The summed E-state index contributed by atoms with van der Waals surface area (Å²) in [7, 11) is 0. The SMILES string of the molecule is CC(C)(C)C(=O)N1CCCN(c2cnccc2C#N)CC1. The van der Waals surface area contributed by atoms with Gasteiger partial charge >= 0.3 is 0 Å². The second-order valence-electron chi connectivity index (χ2n) is 6.39. The van der Waals surface area contributed by atoms with Crippen molar-refractivity contribution in [3.05, 3.63) is 24.0 Å². The zero-order chi connectivity index (χ0) is 15.5. The highest BCUT2D eigenvalue weighted by atomic mass is 16.2. The molecule has 5 heteroatoms. The molecule has 1 amide bonds. The lowest BCUT2D eigenvalue weighted by molar-refractivity contribution is -0.139. The minimum absolute atomic E-state index is 0.191. The predicted molar refractivity (Wildman–Crippen MR) is 81.8 cm³/mol. The van der Waals surface area contributed by atoms with E-state index in [4.69, 9.17) is 0 Å². The van der Waals surface area contributed by atoms with Crippen LogP contribution in [0.5, 0.6) is 0 Å². The number of carbonyl (C=O) groups is 1. The van der Waals surface area contributed by atoms with Gasteiger partial charge in [0.2, 0.25) is 5.91 Å². The fourth-order valence-corrected chi connectivity index (χ4v) is 2.57. The molecule has 1 aliphatic rings. The quantitative estimate of drug-likeness (QED) is 0.792. The van der Waals surface area contributed by atoms with Crippen LogP contribution in [-0.4, -0.2) is 42.0 Å². The lowest BCUT2D eigenvalue weighted by Gasteiger charge is -2.28. The van der Waals surface area contributed by atoms with Crippen molar-refractivity contribution in [3.8, 4) is 6.07 Å². The Hall–Kier alpha value is -2.09. The molecule has 21 heavy (non-hydrogen) atoms. The predicted octanol–water partition coefficient (Wildman–Crippen LogP) is 2.04. The number of anilines is 1. The third kappa shape index (κ3) is 3.52. The lowest BCUT2D eigenvalue weighted by Crippen LogP contribution is -2.41. The molecule has 1 aromatic heterocycles. The van der Waals surface area contributed by atoms with E-state index in [9.17, 15) is 10.1 Å². The van der Waals surface area contributed by atoms with Crippen molar-refractivity contribution in [2.75, 3.05) is 31.1 Å². The second-order valence-corrected chi connectivity index (χ2v) is 6.39. The van der Waals surface area contributed by atoms with Gasteiger partial charge in [-0.05, 0) is 12.5 Å². The second kappa shape index (κ2) is 6.13. The topological polar surface area (TPSA) is 60.2 Å². The first-order valence-electron chi connectivity index (χ1n) is 7.32. The highest BCUT2D eigenvalue weighted by molar-refractivity contribution is 5.81.